The van der Waals surface area contributed by atoms with Gasteiger partial charge in [0.15, 0.2) is 0 Å². The van der Waals surface area contributed by atoms with Gasteiger partial charge in [0.25, 0.3) is 0 Å². The molecule has 1 unspecified atom stereocenters. The molecule has 2 aliphatic rings. The number of hydrogen-bond donors (Lipinski definition) is 2. The molecule has 0 spiro atoms. The van der Waals surface area contributed by atoms with Crippen LogP contribution in [0.1, 0.15) is 36.6 Å². The number of ether oxygens (including phenoxy) is 1. The van der Waals surface area contributed by atoms with E-state index in [1.807, 2.05) is 0 Å². The van der Waals surface area contributed by atoms with Gasteiger partial charge in [-0.15, -0.1) is 0 Å². The van der Waals surface area contributed by atoms with Crippen molar-refractivity contribution in [2.75, 3.05) is 31.2 Å². The van der Waals surface area contributed by atoms with Crippen LogP contribution in [0.25, 0.3) is 11.1 Å². The van der Waals surface area contributed by atoms with Gasteiger partial charge in [0, 0.05) is 18.8 Å². The van der Waals surface area contributed by atoms with Crippen molar-refractivity contribution in [3.05, 3.63) is 53.1 Å². The summed E-state index contributed by atoms with van der Waals surface area (Å²) in [6, 6.07) is 12.9. The minimum absolute atomic E-state index is 0.130. The molecule has 5 heteroatoms. The molecule has 1 fully saturated rings. The van der Waals surface area contributed by atoms with Crippen molar-refractivity contribution >= 4 is 11.8 Å². The first-order valence-corrected chi connectivity index (χ1v) is 9.91. The standard InChI is InChI=1S/C23H28N2O3/c1-15-12-16(5-7-20(15)25-8-10-28-11-9-25)17-4-6-19-18(13-17)14-23(2,3)21(19)24-22(26)27/h4-7,12-13,21,24H,8-11,14H2,1-3H3,(H,26,27). The number of nitrogens with one attached hydrogen (secondary N) is 1. The van der Waals surface area contributed by atoms with Gasteiger partial charge in [0.1, 0.15) is 0 Å². The minimum Gasteiger partial charge on any atom is -0.465 e. The molecule has 1 aliphatic heterocycles. The summed E-state index contributed by atoms with van der Waals surface area (Å²) in [5, 5.41) is 11.9. The van der Waals surface area contributed by atoms with Crippen LogP contribution in [0.3, 0.4) is 0 Å². The van der Waals surface area contributed by atoms with E-state index < -0.39 is 6.09 Å². The lowest BCUT2D eigenvalue weighted by Crippen LogP contribution is -2.36. The largest absolute Gasteiger partial charge is 0.465 e. The summed E-state index contributed by atoms with van der Waals surface area (Å²) < 4.78 is 5.46. The number of morpholine rings is 1. The molecule has 148 valence electrons. The number of amides is 1. The van der Waals surface area contributed by atoms with Crippen LogP contribution in [0, 0.1) is 12.3 Å². The van der Waals surface area contributed by atoms with Gasteiger partial charge in [0.2, 0.25) is 0 Å². The Morgan fingerprint density at radius 3 is 2.50 bits per heavy atom. The first-order chi connectivity index (χ1) is 13.3. The summed E-state index contributed by atoms with van der Waals surface area (Å²) in [6.45, 7) is 9.85. The van der Waals surface area contributed by atoms with Gasteiger partial charge in [-0.2, -0.15) is 0 Å². The third-order valence-corrected chi connectivity index (χ3v) is 6.03. The van der Waals surface area contributed by atoms with Gasteiger partial charge in [0.05, 0.1) is 19.3 Å². The average molecular weight is 380 g/mol. The van der Waals surface area contributed by atoms with E-state index in [-0.39, 0.29) is 11.5 Å². The molecular weight excluding hydrogens is 352 g/mol. The van der Waals surface area contributed by atoms with E-state index in [9.17, 15) is 9.90 Å². The van der Waals surface area contributed by atoms with E-state index in [1.165, 1.54) is 27.9 Å². The van der Waals surface area contributed by atoms with Crippen molar-refractivity contribution in [1.29, 1.82) is 0 Å². The van der Waals surface area contributed by atoms with Crippen molar-refractivity contribution in [1.82, 2.24) is 5.32 Å². The number of anilines is 1. The number of carbonyl (C=O) groups is 1. The molecule has 1 heterocycles. The van der Waals surface area contributed by atoms with Crippen molar-refractivity contribution in [3.63, 3.8) is 0 Å². The van der Waals surface area contributed by atoms with Gasteiger partial charge in [-0.1, -0.05) is 38.1 Å². The van der Waals surface area contributed by atoms with Crippen LogP contribution in [0.4, 0.5) is 10.5 Å². The summed E-state index contributed by atoms with van der Waals surface area (Å²) in [5.74, 6) is 0. The van der Waals surface area contributed by atoms with Crippen molar-refractivity contribution in [2.45, 2.75) is 33.2 Å². The maximum absolute atomic E-state index is 11.2. The van der Waals surface area contributed by atoms with Crippen molar-refractivity contribution < 1.29 is 14.6 Å². The molecule has 1 aliphatic carbocycles. The van der Waals surface area contributed by atoms with Gasteiger partial charge in [-0.3, -0.25) is 0 Å². The first kappa shape index (κ1) is 18.8. The van der Waals surface area contributed by atoms with Gasteiger partial charge in [-0.25, -0.2) is 4.79 Å². The normalized spacial score (nSPS) is 20.7. The average Bonchev–Trinajstić information content (AvgIpc) is 2.91. The van der Waals surface area contributed by atoms with Crippen molar-refractivity contribution in [3.8, 4) is 11.1 Å². The number of benzene rings is 2. The maximum atomic E-state index is 11.2. The Morgan fingerprint density at radius 1 is 1.14 bits per heavy atom. The molecule has 1 saturated heterocycles. The van der Waals surface area contributed by atoms with Crippen LogP contribution < -0.4 is 10.2 Å². The van der Waals surface area contributed by atoms with E-state index in [1.54, 1.807) is 0 Å². The zero-order valence-electron chi connectivity index (χ0n) is 16.8. The van der Waals surface area contributed by atoms with Crippen LogP contribution in [-0.2, 0) is 11.2 Å². The summed E-state index contributed by atoms with van der Waals surface area (Å²) in [6.07, 6.45) is -0.101. The number of hydrogen-bond acceptors (Lipinski definition) is 3. The predicted octanol–water partition coefficient (Wildman–Crippen LogP) is 4.39. The smallest absolute Gasteiger partial charge is 0.405 e. The molecule has 5 nitrogen and oxygen atoms in total. The molecule has 2 aromatic carbocycles. The second-order valence-electron chi connectivity index (χ2n) is 8.56. The lowest BCUT2D eigenvalue weighted by Gasteiger charge is -2.30. The van der Waals surface area contributed by atoms with Crippen LogP contribution in [0.5, 0.6) is 0 Å². The highest BCUT2D eigenvalue weighted by molar-refractivity contribution is 5.71. The Kier molecular flexibility index (Phi) is 4.79. The second kappa shape index (κ2) is 7.13. The van der Waals surface area contributed by atoms with E-state index >= 15 is 0 Å². The zero-order valence-corrected chi connectivity index (χ0v) is 16.8. The third kappa shape index (κ3) is 3.47. The number of carboxylic acid groups (broad SMARTS) is 1. The Hall–Kier alpha value is -2.53. The third-order valence-electron chi connectivity index (χ3n) is 6.03. The van der Waals surface area contributed by atoms with E-state index in [2.05, 4.69) is 67.4 Å². The quantitative estimate of drug-likeness (QED) is 0.829. The molecule has 2 N–H and O–H groups in total. The molecule has 0 radical (unpaired) electrons. The molecule has 2 aromatic rings. The maximum Gasteiger partial charge on any atom is 0.405 e. The Balaban J connectivity index is 1.63. The van der Waals surface area contributed by atoms with Crippen LogP contribution >= 0.6 is 0 Å². The molecule has 0 bridgehead atoms. The highest BCUT2D eigenvalue weighted by atomic mass is 16.5. The molecule has 1 atom stereocenters. The highest BCUT2D eigenvalue weighted by Gasteiger charge is 2.40. The van der Waals surface area contributed by atoms with Crippen LogP contribution in [0.2, 0.25) is 0 Å². The lowest BCUT2D eigenvalue weighted by molar-refractivity contribution is 0.122. The monoisotopic (exact) mass is 380 g/mol. The fraction of sp³-hybridized carbons (Fsp3) is 0.435. The Bertz CT molecular complexity index is 901. The summed E-state index contributed by atoms with van der Waals surface area (Å²) in [7, 11) is 0. The van der Waals surface area contributed by atoms with E-state index in [4.69, 9.17) is 4.74 Å². The summed E-state index contributed by atoms with van der Waals surface area (Å²) in [4.78, 5) is 13.6. The Morgan fingerprint density at radius 2 is 1.82 bits per heavy atom. The molecule has 28 heavy (non-hydrogen) atoms. The minimum atomic E-state index is -0.968. The topological polar surface area (TPSA) is 61.8 Å². The van der Waals surface area contributed by atoms with Gasteiger partial charge < -0.3 is 20.1 Å². The van der Waals surface area contributed by atoms with Gasteiger partial charge >= 0.3 is 6.09 Å². The fourth-order valence-corrected chi connectivity index (χ4v) is 4.62. The molecule has 1 amide bonds. The number of rotatable bonds is 3. The van der Waals surface area contributed by atoms with E-state index in [0.717, 1.165) is 38.3 Å². The molecule has 0 aromatic heterocycles. The van der Waals surface area contributed by atoms with Crippen LogP contribution in [-0.4, -0.2) is 37.5 Å². The van der Waals surface area contributed by atoms with Gasteiger partial charge in [-0.05, 0) is 58.7 Å². The highest BCUT2D eigenvalue weighted by Crippen LogP contribution is 2.46. The van der Waals surface area contributed by atoms with Crippen LogP contribution in [0.15, 0.2) is 36.4 Å². The fourth-order valence-electron chi connectivity index (χ4n) is 4.62. The molecule has 0 saturated carbocycles. The van der Waals surface area contributed by atoms with E-state index in [0.29, 0.717) is 0 Å². The lowest BCUT2D eigenvalue weighted by atomic mass is 9.85. The second-order valence-corrected chi connectivity index (χ2v) is 8.56. The first-order valence-electron chi connectivity index (χ1n) is 9.91. The SMILES string of the molecule is Cc1cc(-c2ccc3c(c2)CC(C)(C)C3NC(=O)O)ccc1N1CCOCC1. The number of nitrogens with zero attached hydrogens (tertiary/aromatic N) is 1. The molecule has 4 rings (SSSR count). The summed E-state index contributed by atoms with van der Waals surface area (Å²) >= 11 is 0. The summed E-state index contributed by atoms with van der Waals surface area (Å²) in [5.41, 5.74) is 7.13. The predicted molar refractivity (Wildman–Crippen MR) is 111 cm³/mol. The van der Waals surface area contributed by atoms with Crippen molar-refractivity contribution in [2.24, 2.45) is 5.41 Å². The number of fused-ring (bicyclic) bond motifs is 1. The number of aryl methyl sites for hydroxylation is 1. The zero-order chi connectivity index (χ0) is 19.9. The molecular formula is C23H28N2O3. The Labute approximate surface area is 166 Å².